The van der Waals surface area contributed by atoms with Gasteiger partial charge in [0.05, 0.1) is 17.7 Å². The fraction of sp³-hybridized carbons (Fsp3) is 0.0769. The molecule has 0 saturated carbocycles. The van der Waals surface area contributed by atoms with E-state index in [0.29, 0.717) is 17.7 Å². The fourth-order valence-corrected chi connectivity index (χ4v) is 1.94. The van der Waals surface area contributed by atoms with Gasteiger partial charge in [0.15, 0.2) is 3.77 Å². The van der Waals surface area contributed by atoms with E-state index in [4.69, 9.17) is 14.9 Å². The van der Waals surface area contributed by atoms with Crippen LogP contribution in [-0.2, 0) is 6.54 Å². The van der Waals surface area contributed by atoms with Gasteiger partial charge in [-0.05, 0) is 52.9 Å². The van der Waals surface area contributed by atoms with Crippen molar-refractivity contribution >= 4 is 28.3 Å². The van der Waals surface area contributed by atoms with Gasteiger partial charge in [0.1, 0.15) is 17.9 Å². The molecule has 0 fully saturated rings. The highest BCUT2D eigenvalue weighted by Gasteiger charge is 2.04. The van der Waals surface area contributed by atoms with Crippen molar-refractivity contribution in [3.63, 3.8) is 0 Å². The van der Waals surface area contributed by atoms with Gasteiger partial charge in [-0.2, -0.15) is 10.5 Å². The summed E-state index contributed by atoms with van der Waals surface area (Å²) in [5.41, 5.74) is 1.55. The van der Waals surface area contributed by atoms with Crippen LogP contribution in [0, 0.1) is 26.4 Å². The Morgan fingerprint density at radius 3 is 2.50 bits per heavy atom. The Hall–Kier alpha value is -1.99. The zero-order valence-electron chi connectivity index (χ0n) is 9.27. The van der Waals surface area contributed by atoms with Crippen LogP contribution >= 0.6 is 22.6 Å². The van der Waals surface area contributed by atoms with E-state index in [2.05, 4.69) is 27.9 Å². The van der Waals surface area contributed by atoms with Crippen molar-refractivity contribution in [2.24, 2.45) is 0 Å². The molecule has 0 bridgehead atoms. The van der Waals surface area contributed by atoms with Gasteiger partial charge < -0.3 is 9.73 Å². The molecule has 0 unspecified atom stereocenters. The van der Waals surface area contributed by atoms with Crippen LogP contribution in [0.25, 0.3) is 0 Å². The number of nitrogens with zero attached hydrogens (tertiary/aromatic N) is 2. The maximum atomic E-state index is 8.91. The van der Waals surface area contributed by atoms with E-state index < -0.39 is 0 Å². The normalized spacial score (nSPS) is 9.50. The maximum absolute atomic E-state index is 8.91. The van der Waals surface area contributed by atoms with Crippen molar-refractivity contribution in [3.8, 4) is 12.1 Å². The standard InChI is InChI=1S/C13H8IN3O/c14-13-4-3-12(18-13)8-17-11-2-1-9(6-15)10(5-11)7-16/h1-5,17H,8H2. The van der Waals surface area contributed by atoms with Gasteiger partial charge in [-0.3, -0.25) is 0 Å². The highest BCUT2D eigenvalue weighted by molar-refractivity contribution is 14.1. The van der Waals surface area contributed by atoms with Gasteiger partial charge in [-0.1, -0.05) is 0 Å². The number of hydrogen-bond donors (Lipinski definition) is 1. The summed E-state index contributed by atoms with van der Waals surface area (Å²) in [6, 6.07) is 12.8. The second-order valence-electron chi connectivity index (χ2n) is 3.54. The summed E-state index contributed by atoms with van der Waals surface area (Å²) in [7, 11) is 0. The summed E-state index contributed by atoms with van der Waals surface area (Å²) >= 11 is 2.10. The van der Waals surface area contributed by atoms with E-state index in [9.17, 15) is 0 Å². The first-order chi connectivity index (χ1) is 8.72. The minimum absolute atomic E-state index is 0.372. The largest absolute Gasteiger partial charge is 0.454 e. The first-order valence-electron chi connectivity index (χ1n) is 5.15. The Morgan fingerprint density at radius 1 is 1.11 bits per heavy atom. The van der Waals surface area contributed by atoms with E-state index in [1.807, 2.05) is 24.3 Å². The molecule has 0 atom stereocenters. The molecule has 18 heavy (non-hydrogen) atoms. The van der Waals surface area contributed by atoms with Crippen LogP contribution in [0.1, 0.15) is 16.9 Å². The number of halogens is 1. The first-order valence-corrected chi connectivity index (χ1v) is 6.23. The quantitative estimate of drug-likeness (QED) is 0.864. The van der Waals surface area contributed by atoms with E-state index in [1.165, 1.54) is 0 Å². The molecule has 2 rings (SSSR count). The molecular formula is C13H8IN3O. The lowest BCUT2D eigenvalue weighted by molar-refractivity contribution is 0.493. The highest BCUT2D eigenvalue weighted by atomic mass is 127. The molecule has 0 amide bonds. The van der Waals surface area contributed by atoms with Crippen molar-refractivity contribution in [2.45, 2.75) is 6.54 Å². The summed E-state index contributed by atoms with van der Waals surface area (Å²) in [6.45, 7) is 0.541. The lowest BCUT2D eigenvalue weighted by Gasteiger charge is -2.05. The lowest BCUT2D eigenvalue weighted by atomic mass is 10.1. The molecule has 5 heteroatoms. The molecule has 4 nitrogen and oxygen atoms in total. The Labute approximate surface area is 118 Å². The van der Waals surface area contributed by atoms with Crippen LogP contribution in [0.4, 0.5) is 5.69 Å². The maximum Gasteiger partial charge on any atom is 0.164 e. The summed E-state index contributed by atoms with van der Waals surface area (Å²) < 4.78 is 6.25. The zero-order valence-corrected chi connectivity index (χ0v) is 11.4. The average Bonchev–Trinajstić information content (AvgIpc) is 2.81. The molecule has 0 spiro atoms. The SMILES string of the molecule is N#Cc1ccc(NCc2ccc(I)o2)cc1C#N. The molecule has 1 aromatic heterocycles. The topological polar surface area (TPSA) is 72.8 Å². The van der Waals surface area contributed by atoms with E-state index in [-0.39, 0.29) is 0 Å². The summed E-state index contributed by atoms with van der Waals surface area (Å²) in [4.78, 5) is 0. The second-order valence-corrected chi connectivity index (χ2v) is 4.61. The van der Waals surface area contributed by atoms with Gasteiger partial charge in [-0.25, -0.2) is 0 Å². The van der Waals surface area contributed by atoms with Gasteiger partial charge in [0.25, 0.3) is 0 Å². The third-order valence-corrected chi connectivity index (χ3v) is 2.94. The van der Waals surface area contributed by atoms with Crippen molar-refractivity contribution in [2.75, 3.05) is 5.32 Å². The smallest absolute Gasteiger partial charge is 0.164 e. The molecule has 88 valence electrons. The first kappa shape index (κ1) is 12.5. The van der Waals surface area contributed by atoms with E-state index >= 15 is 0 Å². The van der Waals surface area contributed by atoms with E-state index in [1.54, 1.807) is 18.2 Å². The third-order valence-electron chi connectivity index (χ3n) is 2.36. The van der Waals surface area contributed by atoms with Crippen molar-refractivity contribution in [3.05, 3.63) is 51.0 Å². The Kier molecular flexibility index (Phi) is 3.85. The number of anilines is 1. The number of benzene rings is 1. The summed E-state index contributed by atoms with van der Waals surface area (Å²) in [5, 5.41) is 20.9. The Balaban J connectivity index is 2.11. The molecule has 1 heterocycles. The van der Waals surface area contributed by atoms with Crippen molar-refractivity contribution < 1.29 is 4.42 Å². The number of hydrogen-bond acceptors (Lipinski definition) is 4. The molecule has 1 N–H and O–H groups in total. The monoisotopic (exact) mass is 349 g/mol. The molecule has 2 aromatic rings. The predicted octanol–water partition coefficient (Wildman–Crippen LogP) is 3.24. The van der Waals surface area contributed by atoms with Crippen LogP contribution < -0.4 is 5.32 Å². The van der Waals surface area contributed by atoms with Crippen LogP contribution in [0.15, 0.2) is 34.7 Å². The number of nitrogens with one attached hydrogen (secondary N) is 1. The molecule has 0 aliphatic heterocycles. The minimum Gasteiger partial charge on any atom is -0.454 e. The van der Waals surface area contributed by atoms with Gasteiger partial charge in [0, 0.05) is 5.69 Å². The average molecular weight is 349 g/mol. The third kappa shape index (κ3) is 2.82. The highest BCUT2D eigenvalue weighted by Crippen LogP contribution is 2.16. The number of furan rings is 1. The summed E-state index contributed by atoms with van der Waals surface area (Å²) in [6.07, 6.45) is 0. The Morgan fingerprint density at radius 2 is 1.89 bits per heavy atom. The molecule has 0 radical (unpaired) electrons. The Bertz CT molecular complexity index is 649. The molecular weight excluding hydrogens is 341 g/mol. The lowest BCUT2D eigenvalue weighted by Crippen LogP contribution is -1.99. The second kappa shape index (κ2) is 5.56. The fourth-order valence-electron chi connectivity index (χ4n) is 1.48. The van der Waals surface area contributed by atoms with Gasteiger partial charge in [-0.15, -0.1) is 0 Å². The zero-order chi connectivity index (χ0) is 13.0. The van der Waals surface area contributed by atoms with Crippen molar-refractivity contribution in [1.29, 1.82) is 10.5 Å². The molecule has 0 aliphatic rings. The van der Waals surface area contributed by atoms with Crippen LogP contribution in [0.2, 0.25) is 0 Å². The van der Waals surface area contributed by atoms with Crippen LogP contribution in [-0.4, -0.2) is 0 Å². The number of rotatable bonds is 3. The van der Waals surface area contributed by atoms with Crippen LogP contribution in [0.5, 0.6) is 0 Å². The molecule has 1 aromatic carbocycles. The van der Waals surface area contributed by atoms with Crippen molar-refractivity contribution in [1.82, 2.24) is 0 Å². The predicted molar refractivity (Wildman–Crippen MR) is 74.6 cm³/mol. The summed E-state index contributed by atoms with van der Waals surface area (Å²) in [5.74, 6) is 0.822. The minimum atomic E-state index is 0.372. The number of nitriles is 2. The van der Waals surface area contributed by atoms with E-state index in [0.717, 1.165) is 15.2 Å². The molecule has 0 aliphatic carbocycles. The van der Waals surface area contributed by atoms with Gasteiger partial charge in [0.2, 0.25) is 0 Å². The van der Waals surface area contributed by atoms with Crippen LogP contribution in [0.3, 0.4) is 0 Å². The van der Waals surface area contributed by atoms with Gasteiger partial charge >= 0.3 is 0 Å². The molecule has 0 saturated heterocycles.